The van der Waals surface area contributed by atoms with Crippen LogP contribution in [-0.2, 0) is 4.79 Å². The summed E-state index contributed by atoms with van der Waals surface area (Å²) in [7, 11) is 0. The predicted molar refractivity (Wildman–Crippen MR) is 57.6 cm³/mol. The van der Waals surface area contributed by atoms with Crippen LogP contribution < -0.4 is 0 Å². The Labute approximate surface area is 93.2 Å². The van der Waals surface area contributed by atoms with E-state index in [0.29, 0.717) is 18.6 Å². The van der Waals surface area contributed by atoms with Crippen LogP contribution in [0.15, 0.2) is 18.2 Å². The first kappa shape index (κ1) is 10.6. The van der Waals surface area contributed by atoms with Gasteiger partial charge in [0.05, 0.1) is 5.02 Å². The van der Waals surface area contributed by atoms with E-state index in [-0.39, 0.29) is 10.9 Å². The maximum atomic E-state index is 12.9. The highest BCUT2D eigenvalue weighted by molar-refractivity contribution is 6.30. The predicted octanol–water partition coefficient (Wildman–Crippen LogP) is 3.71. The van der Waals surface area contributed by atoms with Gasteiger partial charge < -0.3 is 0 Å². The van der Waals surface area contributed by atoms with Crippen molar-refractivity contribution in [2.75, 3.05) is 0 Å². The molecule has 1 unspecified atom stereocenters. The van der Waals surface area contributed by atoms with E-state index in [4.69, 9.17) is 11.6 Å². The fourth-order valence-corrected chi connectivity index (χ4v) is 2.26. The minimum atomic E-state index is -0.400. The molecule has 0 aromatic heterocycles. The Morgan fingerprint density at radius 3 is 2.87 bits per heavy atom. The summed E-state index contributed by atoms with van der Waals surface area (Å²) >= 11 is 5.71. The second-order valence-electron chi connectivity index (χ2n) is 4.01. The van der Waals surface area contributed by atoms with Gasteiger partial charge in [0.25, 0.3) is 0 Å². The largest absolute Gasteiger partial charge is 0.300 e. The van der Waals surface area contributed by atoms with Gasteiger partial charge in [-0.05, 0) is 36.5 Å². The maximum absolute atomic E-state index is 12.9. The van der Waals surface area contributed by atoms with Crippen LogP contribution >= 0.6 is 11.6 Å². The molecule has 1 atom stereocenters. The third kappa shape index (κ3) is 2.37. The zero-order valence-electron chi connectivity index (χ0n) is 8.30. The van der Waals surface area contributed by atoms with E-state index >= 15 is 0 Å². The van der Waals surface area contributed by atoms with Crippen molar-refractivity contribution in [1.82, 2.24) is 0 Å². The average molecular weight is 227 g/mol. The molecule has 1 aromatic carbocycles. The molecular formula is C12H12ClFO. The lowest BCUT2D eigenvalue weighted by Gasteiger charge is -2.21. The minimum absolute atomic E-state index is 0.144. The summed E-state index contributed by atoms with van der Waals surface area (Å²) in [5.41, 5.74) is 0.981. The third-order valence-corrected chi connectivity index (χ3v) is 3.19. The number of carbonyl (C=O) groups excluding carboxylic acids is 1. The first-order valence-electron chi connectivity index (χ1n) is 5.13. The zero-order valence-corrected chi connectivity index (χ0v) is 9.06. The molecule has 0 N–H and O–H groups in total. The van der Waals surface area contributed by atoms with Crippen molar-refractivity contribution < 1.29 is 9.18 Å². The van der Waals surface area contributed by atoms with Crippen LogP contribution in [0.2, 0.25) is 5.02 Å². The second-order valence-corrected chi connectivity index (χ2v) is 4.41. The second kappa shape index (κ2) is 4.31. The van der Waals surface area contributed by atoms with E-state index in [1.165, 1.54) is 6.07 Å². The smallest absolute Gasteiger partial charge is 0.141 e. The number of benzene rings is 1. The first-order chi connectivity index (χ1) is 7.16. The molecule has 0 heterocycles. The summed E-state index contributed by atoms with van der Waals surface area (Å²) < 4.78 is 12.9. The lowest BCUT2D eigenvalue weighted by Crippen LogP contribution is -2.13. The molecule has 1 aliphatic carbocycles. The molecule has 0 bridgehead atoms. The van der Waals surface area contributed by atoms with Gasteiger partial charge in [0.2, 0.25) is 0 Å². The Kier molecular flexibility index (Phi) is 3.06. The Bertz CT molecular complexity index is 389. The lowest BCUT2D eigenvalue weighted by molar-refractivity contribution is -0.120. The average Bonchev–Trinajstić information content (AvgIpc) is 2.22. The number of carbonyl (C=O) groups is 1. The maximum Gasteiger partial charge on any atom is 0.141 e. The number of Topliss-reactive ketones (excluding diaryl/α,β-unsaturated/α-hetero) is 1. The molecule has 0 saturated heterocycles. The van der Waals surface area contributed by atoms with Crippen LogP contribution in [-0.4, -0.2) is 5.78 Å². The Balaban J connectivity index is 2.21. The Hall–Kier alpha value is -0.890. The van der Waals surface area contributed by atoms with Crippen LogP contribution in [0.25, 0.3) is 0 Å². The SMILES string of the molecule is O=C1CCCC(c2ccc(F)c(Cl)c2)C1. The van der Waals surface area contributed by atoms with Crippen LogP contribution in [0.5, 0.6) is 0 Å². The highest BCUT2D eigenvalue weighted by atomic mass is 35.5. The van der Waals surface area contributed by atoms with Gasteiger partial charge in [-0.1, -0.05) is 17.7 Å². The van der Waals surface area contributed by atoms with Crippen molar-refractivity contribution >= 4 is 17.4 Å². The van der Waals surface area contributed by atoms with Crippen LogP contribution in [0.1, 0.15) is 37.2 Å². The van der Waals surface area contributed by atoms with E-state index in [1.54, 1.807) is 12.1 Å². The summed E-state index contributed by atoms with van der Waals surface area (Å²) in [6.45, 7) is 0. The van der Waals surface area contributed by atoms with Crippen molar-refractivity contribution in [3.8, 4) is 0 Å². The van der Waals surface area contributed by atoms with Crippen molar-refractivity contribution in [3.63, 3.8) is 0 Å². The molecule has 0 amide bonds. The standard InChI is InChI=1S/C12H12ClFO/c13-11-7-9(4-5-12(11)14)8-2-1-3-10(15)6-8/h4-5,7-8H,1-3,6H2. The Morgan fingerprint density at radius 1 is 1.40 bits per heavy atom. The van der Waals surface area contributed by atoms with Gasteiger partial charge >= 0.3 is 0 Å². The van der Waals surface area contributed by atoms with Crippen molar-refractivity contribution in [2.45, 2.75) is 31.6 Å². The summed E-state index contributed by atoms with van der Waals surface area (Å²) in [5.74, 6) is 0.124. The van der Waals surface area contributed by atoms with Gasteiger partial charge in [-0.2, -0.15) is 0 Å². The fourth-order valence-electron chi connectivity index (χ4n) is 2.08. The summed E-state index contributed by atoms with van der Waals surface area (Å²) in [6.07, 6.45) is 3.18. The van der Waals surface area contributed by atoms with Gasteiger partial charge in [-0.15, -0.1) is 0 Å². The molecule has 0 spiro atoms. The number of rotatable bonds is 1. The molecule has 1 saturated carbocycles. The van der Waals surface area contributed by atoms with Crippen LogP contribution in [0.4, 0.5) is 4.39 Å². The number of halogens is 2. The molecule has 15 heavy (non-hydrogen) atoms. The number of hydrogen-bond acceptors (Lipinski definition) is 1. The quantitative estimate of drug-likeness (QED) is 0.714. The summed E-state index contributed by atoms with van der Waals surface area (Å²) in [6, 6.07) is 4.74. The normalized spacial score (nSPS) is 21.7. The first-order valence-corrected chi connectivity index (χ1v) is 5.51. The van der Waals surface area contributed by atoms with Crippen LogP contribution in [0.3, 0.4) is 0 Å². The highest BCUT2D eigenvalue weighted by Gasteiger charge is 2.21. The van der Waals surface area contributed by atoms with E-state index in [2.05, 4.69) is 0 Å². The van der Waals surface area contributed by atoms with E-state index in [1.807, 2.05) is 0 Å². The lowest BCUT2D eigenvalue weighted by atomic mass is 9.83. The van der Waals surface area contributed by atoms with Crippen LogP contribution in [0, 0.1) is 5.82 Å². The van der Waals surface area contributed by atoms with E-state index in [9.17, 15) is 9.18 Å². The van der Waals surface area contributed by atoms with Crippen molar-refractivity contribution in [3.05, 3.63) is 34.6 Å². The fraction of sp³-hybridized carbons (Fsp3) is 0.417. The minimum Gasteiger partial charge on any atom is -0.300 e. The van der Waals surface area contributed by atoms with E-state index < -0.39 is 5.82 Å². The summed E-state index contributed by atoms with van der Waals surface area (Å²) in [4.78, 5) is 11.3. The van der Waals surface area contributed by atoms with Gasteiger partial charge in [-0.3, -0.25) is 4.79 Å². The summed E-state index contributed by atoms with van der Waals surface area (Å²) in [5, 5.41) is 0.144. The molecule has 1 aliphatic rings. The molecule has 1 fully saturated rings. The molecule has 1 nitrogen and oxygen atoms in total. The number of hydrogen-bond donors (Lipinski definition) is 0. The molecule has 80 valence electrons. The molecule has 0 radical (unpaired) electrons. The van der Waals surface area contributed by atoms with Crippen molar-refractivity contribution in [2.24, 2.45) is 0 Å². The van der Waals surface area contributed by atoms with Gasteiger partial charge in [0.1, 0.15) is 11.6 Å². The van der Waals surface area contributed by atoms with Gasteiger partial charge in [-0.25, -0.2) is 4.39 Å². The third-order valence-electron chi connectivity index (χ3n) is 2.90. The molecule has 1 aromatic rings. The van der Waals surface area contributed by atoms with Gasteiger partial charge in [0, 0.05) is 12.8 Å². The van der Waals surface area contributed by atoms with E-state index in [0.717, 1.165) is 18.4 Å². The molecular weight excluding hydrogens is 215 g/mol. The topological polar surface area (TPSA) is 17.1 Å². The zero-order chi connectivity index (χ0) is 10.8. The Morgan fingerprint density at radius 2 is 2.20 bits per heavy atom. The van der Waals surface area contributed by atoms with Crippen molar-refractivity contribution in [1.29, 1.82) is 0 Å². The van der Waals surface area contributed by atoms with Gasteiger partial charge in [0.15, 0.2) is 0 Å². The highest BCUT2D eigenvalue weighted by Crippen LogP contribution is 2.32. The number of ketones is 1. The molecule has 2 rings (SSSR count). The monoisotopic (exact) mass is 226 g/mol. The molecule has 0 aliphatic heterocycles. The molecule has 3 heteroatoms.